The van der Waals surface area contributed by atoms with Crippen LogP contribution in [0.1, 0.15) is 11.4 Å². The van der Waals surface area contributed by atoms with E-state index < -0.39 is 11.9 Å². The first-order valence-electron chi connectivity index (χ1n) is 4.92. The lowest BCUT2D eigenvalue weighted by Crippen LogP contribution is -2.10. The van der Waals surface area contributed by atoms with Crippen molar-refractivity contribution in [2.75, 3.05) is 0 Å². The fourth-order valence-corrected chi connectivity index (χ4v) is 1.37. The van der Waals surface area contributed by atoms with Crippen LogP contribution in [0.3, 0.4) is 0 Å². The van der Waals surface area contributed by atoms with Gasteiger partial charge in [-0.2, -0.15) is 18.4 Å². The van der Waals surface area contributed by atoms with E-state index in [1.807, 2.05) is 0 Å². The van der Waals surface area contributed by atoms with E-state index in [-0.39, 0.29) is 11.5 Å². The fourth-order valence-electron chi connectivity index (χ4n) is 1.37. The molecule has 1 heterocycles. The number of alkyl halides is 3. The Kier molecular flexibility index (Phi) is 2.98. The lowest BCUT2D eigenvalue weighted by Gasteiger charge is -2.07. The fraction of sp³-hybridized carbons (Fsp3) is 0.0833. The maximum atomic E-state index is 12.6. The van der Waals surface area contributed by atoms with Crippen LogP contribution >= 0.6 is 0 Å². The Morgan fingerprint density at radius 3 is 2.28 bits per heavy atom. The molecule has 90 valence electrons. The topological polar surface area (TPSA) is 49.6 Å². The van der Waals surface area contributed by atoms with Crippen LogP contribution in [0.2, 0.25) is 0 Å². The molecule has 0 radical (unpaired) electrons. The van der Waals surface area contributed by atoms with Crippen LogP contribution < -0.4 is 0 Å². The summed E-state index contributed by atoms with van der Waals surface area (Å²) in [5.74, 6) is -0.109. The SMILES string of the molecule is N#Cc1cc(C(F)(F)F)nc(-c2ccccc2)n1. The van der Waals surface area contributed by atoms with Crippen molar-refractivity contribution in [3.63, 3.8) is 0 Å². The van der Waals surface area contributed by atoms with Gasteiger partial charge in [0, 0.05) is 11.6 Å². The third kappa shape index (κ3) is 2.46. The molecule has 0 fully saturated rings. The number of hydrogen-bond donors (Lipinski definition) is 0. The van der Waals surface area contributed by atoms with Crippen molar-refractivity contribution in [1.29, 1.82) is 5.26 Å². The average molecular weight is 249 g/mol. The maximum absolute atomic E-state index is 12.6. The van der Waals surface area contributed by atoms with E-state index in [2.05, 4.69) is 9.97 Å². The van der Waals surface area contributed by atoms with Crippen LogP contribution in [0, 0.1) is 11.3 Å². The van der Waals surface area contributed by atoms with Crippen LogP contribution in [0.15, 0.2) is 36.4 Å². The van der Waals surface area contributed by atoms with Crippen molar-refractivity contribution in [2.24, 2.45) is 0 Å². The van der Waals surface area contributed by atoms with Gasteiger partial charge in [-0.1, -0.05) is 30.3 Å². The van der Waals surface area contributed by atoms with Crippen LogP contribution in [-0.4, -0.2) is 9.97 Å². The summed E-state index contributed by atoms with van der Waals surface area (Å²) in [7, 11) is 0. The molecule has 0 aliphatic rings. The zero-order valence-electron chi connectivity index (χ0n) is 8.94. The van der Waals surface area contributed by atoms with Crippen molar-refractivity contribution < 1.29 is 13.2 Å². The minimum Gasteiger partial charge on any atom is -0.223 e. The molecule has 0 saturated carbocycles. The maximum Gasteiger partial charge on any atom is 0.433 e. The van der Waals surface area contributed by atoms with Gasteiger partial charge in [0.15, 0.2) is 5.82 Å². The summed E-state index contributed by atoms with van der Waals surface area (Å²) in [6.07, 6.45) is -4.60. The summed E-state index contributed by atoms with van der Waals surface area (Å²) in [5.41, 5.74) is -0.996. The normalized spacial score (nSPS) is 11.0. The summed E-state index contributed by atoms with van der Waals surface area (Å²) in [6.45, 7) is 0. The number of nitrogens with zero attached hydrogens (tertiary/aromatic N) is 3. The molecule has 0 atom stereocenters. The molecular weight excluding hydrogens is 243 g/mol. The van der Waals surface area contributed by atoms with Crippen molar-refractivity contribution in [3.05, 3.63) is 47.8 Å². The first kappa shape index (κ1) is 12.0. The van der Waals surface area contributed by atoms with Crippen LogP contribution in [0.4, 0.5) is 13.2 Å². The smallest absolute Gasteiger partial charge is 0.223 e. The second-order valence-corrected chi connectivity index (χ2v) is 3.44. The van der Waals surface area contributed by atoms with Gasteiger partial charge in [0.25, 0.3) is 0 Å². The molecule has 0 aliphatic heterocycles. The number of hydrogen-bond acceptors (Lipinski definition) is 3. The molecule has 0 spiro atoms. The predicted octanol–water partition coefficient (Wildman–Crippen LogP) is 3.03. The van der Waals surface area contributed by atoms with E-state index in [9.17, 15) is 13.2 Å². The van der Waals surface area contributed by atoms with E-state index in [4.69, 9.17) is 5.26 Å². The van der Waals surface area contributed by atoms with Gasteiger partial charge < -0.3 is 0 Å². The van der Waals surface area contributed by atoms with Gasteiger partial charge in [-0.05, 0) is 0 Å². The number of rotatable bonds is 1. The molecule has 1 aromatic carbocycles. The minimum absolute atomic E-state index is 0.109. The van der Waals surface area contributed by atoms with Gasteiger partial charge >= 0.3 is 6.18 Å². The van der Waals surface area contributed by atoms with Gasteiger partial charge in [0.05, 0.1) is 0 Å². The predicted molar refractivity (Wildman–Crippen MR) is 57.2 cm³/mol. The molecule has 0 bridgehead atoms. The standard InChI is InChI=1S/C12H6F3N3/c13-12(14,15)10-6-9(7-16)17-11(18-10)8-4-2-1-3-5-8/h1-6H. The molecule has 0 amide bonds. The van der Waals surface area contributed by atoms with Crippen LogP contribution in [0.25, 0.3) is 11.4 Å². The van der Waals surface area contributed by atoms with Crippen molar-refractivity contribution in [3.8, 4) is 17.5 Å². The Morgan fingerprint density at radius 1 is 1.06 bits per heavy atom. The number of benzene rings is 1. The third-order valence-electron chi connectivity index (χ3n) is 2.16. The molecule has 3 nitrogen and oxygen atoms in total. The molecule has 0 aliphatic carbocycles. The number of nitriles is 1. The Morgan fingerprint density at radius 2 is 1.72 bits per heavy atom. The molecule has 0 saturated heterocycles. The van der Waals surface area contributed by atoms with Gasteiger partial charge in [0.2, 0.25) is 0 Å². The molecule has 0 unspecified atom stereocenters. The van der Waals surface area contributed by atoms with Gasteiger partial charge in [-0.25, -0.2) is 9.97 Å². The minimum atomic E-state index is -4.60. The molecule has 0 N–H and O–H groups in total. The molecule has 1 aromatic heterocycles. The van der Waals surface area contributed by atoms with Crippen LogP contribution in [-0.2, 0) is 6.18 Å². The first-order valence-corrected chi connectivity index (χ1v) is 4.92. The monoisotopic (exact) mass is 249 g/mol. The van der Waals surface area contributed by atoms with Crippen molar-refractivity contribution in [1.82, 2.24) is 9.97 Å². The van der Waals surface area contributed by atoms with Crippen molar-refractivity contribution in [2.45, 2.75) is 6.18 Å². The summed E-state index contributed by atoms with van der Waals surface area (Å²) < 4.78 is 37.8. The van der Waals surface area contributed by atoms with E-state index in [0.717, 1.165) is 0 Å². The van der Waals surface area contributed by atoms with E-state index in [1.54, 1.807) is 36.4 Å². The summed E-state index contributed by atoms with van der Waals surface area (Å²) in [5, 5.41) is 8.69. The number of halogens is 3. The average Bonchev–Trinajstić information content (AvgIpc) is 2.38. The largest absolute Gasteiger partial charge is 0.433 e. The zero-order valence-corrected chi connectivity index (χ0v) is 8.94. The van der Waals surface area contributed by atoms with Gasteiger partial charge in [0.1, 0.15) is 17.5 Å². The van der Waals surface area contributed by atoms with E-state index in [0.29, 0.717) is 11.6 Å². The van der Waals surface area contributed by atoms with Gasteiger partial charge in [-0.15, -0.1) is 0 Å². The summed E-state index contributed by atoms with van der Waals surface area (Å²) in [4.78, 5) is 7.20. The first-order chi connectivity index (χ1) is 8.50. The quantitative estimate of drug-likeness (QED) is 0.780. The van der Waals surface area contributed by atoms with E-state index >= 15 is 0 Å². The lowest BCUT2D eigenvalue weighted by molar-refractivity contribution is -0.141. The third-order valence-corrected chi connectivity index (χ3v) is 2.16. The van der Waals surface area contributed by atoms with Crippen molar-refractivity contribution >= 4 is 0 Å². The molecule has 2 rings (SSSR count). The Bertz CT molecular complexity index is 600. The highest BCUT2D eigenvalue weighted by atomic mass is 19.4. The summed E-state index contributed by atoms with van der Waals surface area (Å²) >= 11 is 0. The summed E-state index contributed by atoms with van der Waals surface area (Å²) in [6, 6.07) is 10.4. The van der Waals surface area contributed by atoms with E-state index in [1.165, 1.54) is 0 Å². The van der Waals surface area contributed by atoms with Crippen LogP contribution in [0.5, 0.6) is 0 Å². The second-order valence-electron chi connectivity index (χ2n) is 3.44. The Balaban J connectivity index is 2.60. The highest BCUT2D eigenvalue weighted by Gasteiger charge is 2.33. The lowest BCUT2D eigenvalue weighted by atomic mass is 10.2. The molecule has 2 aromatic rings. The molecule has 18 heavy (non-hydrogen) atoms. The van der Waals surface area contributed by atoms with Gasteiger partial charge in [-0.3, -0.25) is 0 Å². The number of aromatic nitrogens is 2. The highest BCUT2D eigenvalue weighted by Crippen LogP contribution is 2.29. The highest BCUT2D eigenvalue weighted by molar-refractivity contribution is 5.55. The Hall–Kier alpha value is -2.42. The second kappa shape index (κ2) is 4.45. The Labute approximate surface area is 101 Å². The zero-order chi connectivity index (χ0) is 13.2. The molecule has 6 heteroatoms. The molecular formula is C12H6F3N3.